The number of amides is 1. The molecule has 1 aliphatic rings. The van der Waals surface area contributed by atoms with Gasteiger partial charge in [0.15, 0.2) is 5.65 Å². The van der Waals surface area contributed by atoms with Crippen molar-refractivity contribution < 1.29 is 4.79 Å². The molecule has 1 fully saturated rings. The first-order valence-corrected chi connectivity index (χ1v) is 11.7. The summed E-state index contributed by atoms with van der Waals surface area (Å²) in [6.07, 6.45) is 0. The summed E-state index contributed by atoms with van der Waals surface area (Å²) in [6.45, 7) is 7.09. The summed E-state index contributed by atoms with van der Waals surface area (Å²) < 4.78 is 1.74. The molecule has 5 rings (SSSR count). The number of hydrogen-bond donors (Lipinski definition) is 1. The first kappa shape index (κ1) is 22.3. The lowest BCUT2D eigenvalue weighted by Gasteiger charge is -2.32. The minimum atomic E-state index is -0.155. The van der Waals surface area contributed by atoms with E-state index >= 15 is 0 Å². The Labute approximate surface area is 200 Å². The van der Waals surface area contributed by atoms with Crippen LogP contribution in [0.3, 0.4) is 0 Å². The maximum Gasteiger partial charge on any atom is 0.256 e. The average molecular weight is 455 g/mol. The summed E-state index contributed by atoms with van der Waals surface area (Å²) in [5.74, 6) is -0.155. The number of aryl methyl sites for hydroxylation is 2. The molecule has 0 aliphatic carbocycles. The molecule has 1 saturated heterocycles. The first-order valence-electron chi connectivity index (χ1n) is 11.7. The van der Waals surface area contributed by atoms with Gasteiger partial charge in [-0.1, -0.05) is 42.5 Å². The van der Waals surface area contributed by atoms with E-state index < -0.39 is 0 Å². The summed E-state index contributed by atoms with van der Waals surface area (Å²) >= 11 is 0. The van der Waals surface area contributed by atoms with Crippen molar-refractivity contribution in [2.24, 2.45) is 7.05 Å². The molecule has 2 aromatic carbocycles. The molecule has 7 heteroatoms. The Bertz CT molecular complexity index is 1320. The van der Waals surface area contributed by atoms with Crippen LogP contribution in [0.5, 0.6) is 0 Å². The van der Waals surface area contributed by atoms with Crippen molar-refractivity contribution in [1.82, 2.24) is 24.6 Å². The van der Waals surface area contributed by atoms with Crippen molar-refractivity contribution in [3.8, 4) is 11.3 Å². The number of hydrogen-bond acceptors (Lipinski definition) is 5. The van der Waals surface area contributed by atoms with Crippen LogP contribution in [-0.2, 0) is 13.6 Å². The number of nitrogens with one attached hydrogen (secondary N) is 1. The molecule has 34 heavy (non-hydrogen) atoms. The van der Waals surface area contributed by atoms with Crippen LogP contribution in [0.15, 0.2) is 60.7 Å². The van der Waals surface area contributed by atoms with Crippen LogP contribution < -0.4 is 5.32 Å². The lowest BCUT2D eigenvalue weighted by molar-refractivity contribution is 0.102. The normalized spacial score (nSPS) is 15.0. The second-order valence-corrected chi connectivity index (χ2v) is 9.06. The summed E-state index contributed by atoms with van der Waals surface area (Å²) in [5, 5.41) is 8.43. The molecule has 174 valence electrons. The fourth-order valence-corrected chi connectivity index (χ4v) is 4.59. The number of benzene rings is 2. The Balaban J connectivity index is 1.44. The van der Waals surface area contributed by atoms with Crippen LogP contribution in [-0.4, -0.2) is 63.7 Å². The number of anilines is 1. The van der Waals surface area contributed by atoms with Gasteiger partial charge in [0.2, 0.25) is 0 Å². The van der Waals surface area contributed by atoms with Crippen LogP contribution in [0.25, 0.3) is 22.3 Å². The molecule has 0 atom stereocenters. The molecule has 0 spiro atoms. The van der Waals surface area contributed by atoms with Gasteiger partial charge in [0.05, 0.1) is 22.3 Å². The zero-order chi connectivity index (χ0) is 23.7. The van der Waals surface area contributed by atoms with Crippen molar-refractivity contribution >= 4 is 22.6 Å². The molecule has 1 aliphatic heterocycles. The smallest absolute Gasteiger partial charge is 0.256 e. The lowest BCUT2D eigenvalue weighted by Crippen LogP contribution is -2.43. The van der Waals surface area contributed by atoms with Gasteiger partial charge in [-0.25, -0.2) is 4.98 Å². The molecule has 0 radical (unpaired) electrons. The Kier molecular flexibility index (Phi) is 6.13. The minimum absolute atomic E-state index is 0.155. The van der Waals surface area contributed by atoms with Crippen LogP contribution in [0, 0.1) is 6.92 Å². The van der Waals surface area contributed by atoms with Crippen LogP contribution >= 0.6 is 0 Å². The van der Waals surface area contributed by atoms with E-state index in [0.717, 1.165) is 60.7 Å². The number of carbonyl (C=O) groups excluding carboxylic acids is 1. The molecular weight excluding hydrogens is 424 g/mol. The van der Waals surface area contributed by atoms with E-state index in [2.05, 4.69) is 39.4 Å². The Hall–Kier alpha value is -3.55. The molecule has 1 amide bonds. The van der Waals surface area contributed by atoms with Gasteiger partial charge >= 0.3 is 0 Å². The summed E-state index contributed by atoms with van der Waals surface area (Å²) in [6, 6.07) is 19.9. The number of fused-ring (bicyclic) bond motifs is 1. The molecule has 7 nitrogen and oxygen atoms in total. The summed E-state index contributed by atoms with van der Waals surface area (Å²) in [7, 11) is 4.03. The molecule has 2 aromatic heterocycles. The number of likely N-dealkylation sites (N-methyl/N-ethyl adjacent to an activating group) is 1. The van der Waals surface area contributed by atoms with E-state index in [4.69, 9.17) is 4.98 Å². The quantitative estimate of drug-likeness (QED) is 0.495. The summed E-state index contributed by atoms with van der Waals surface area (Å²) in [4.78, 5) is 23.1. The molecule has 0 unspecified atom stereocenters. The molecular formula is C27H30N6O. The highest BCUT2D eigenvalue weighted by atomic mass is 16.1. The van der Waals surface area contributed by atoms with Crippen molar-refractivity contribution in [3.63, 3.8) is 0 Å². The van der Waals surface area contributed by atoms with Crippen LogP contribution in [0.2, 0.25) is 0 Å². The molecule has 4 aromatic rings. The van der Waals surface area contributed by atoms with E-state index in [1.54, 1.807) is 4.68 Å². The minimum Gasteiger partial charge on any atom is -0.322 e. The predicted octanol–water partition coefficient (Wildman–Crippen LogP) is 3.94. The van der Waals surface area contributed by atoms with E-state index in [1.165, 1.54) is 5.56 Å². The standard InChI is InChI=1S/C27H30N6O/c1-19-25-23(17-24(21-9-5-4-6-10-21)29-26(25)32(3)30-19)27(34)28-22-11-7-8-20(16-22)18-33-14-12-31(2)13-15-33/h4-11,16-17H,12-15,18H2,1-3H3,(H,28,34). The van der Waals surface area contributed by atoms with E-state index in [9.17, 15) is 4.79 Å². The van der Waals surface area contributed by atoms with Gasteiger partial charge < -0.3 is 10.2 Å². The predicted molar refractivity (Wildman–Crippen MR) is 136 cm³/mol. The van der Waals surface area contributed by atoms with E-state index in [0.29, 0.717) is 11.2 Å². The van der Waals surface area contributed by atoms with Crippen LogP contribution in [0.4, 0.5) is 5.69 Å². The average Bonchev–Trinajstić information content (AvgIpc) is 3.14. The zero-order valence-electron chi connectivity index (χ0n) is 20.0. The van der Waals surface area contributed by atoms with E-state index in [-0.39, 0.29) is 5.91 Å². The second kappa shape index (κ2) is 9.37. The summed E-state index contributed by atoms with van der Waals surface area (Å²) in [5.41, 5.74) is 5.79. The highest BCUT2D eigenvalue weighted by molar-refractivity contribution is 6.13. The number of nitrogens with zero attached hydrogens (tertiary/aromatic N) is 5. The van der Waals surface area contributed by atoms with Crippen LogP contribution in [0.1, 0.15) is 21.6 Å². The largest absolute Gasteiger partial charge is 0.322 e. The third-order valence-corrected chi connectivity index (χ3v) is 6.47. The van der Waals surface area contributed by atoms with Gasteiger partial charge in [-0.05, 0) is 37.7 Å². The van der Waals surface area contributed by atoms with Gasteiger partial charge in [-0.3, -0.25) is 14.4 Å². The number of rotatable bonds is 5. The maximum atomic E-state index is 13.5. The van der Waals surface area contributed by atoms with Crippen molar-refractivity contribution in [2.45, 2.75) is 13.5 Å². The molecule has 3 heterocycles. The molecule has 0 saturated carbocycles. The highest BCUT2D eigenvalue weighted by Crippen LogP contribution is 2.27. The van der Waals surface area contributed by atoms with Gasteiger partial charge in [-0.15, -0.1) is 0 Å². The van der Waals surface area contributed by atoms with Gasteiger partial charge in [-0.2, -0.15) is 5.10 Å². The van der Waals surface area contributed by atoms with E-state index in [1.807, 2.05) is 62.5 Å². The third-order valence-electron chi connectivity index (χ3n) is 6.47. The second-order valence-electron chi connectivity index (χ2n) is 9.06. The fourth-order valence-electron chi connectivity index (χ4n) is 4.59. The number of aromatic nitrogens is 3. The van der Waals surface area contributed by atoms with Gasteiger partial charge in [0.1, 0.15) is 0 Å². The lowest BCUT2D eigenvalue weighted by atomic mass is 10.0. The Morgan fingerprint density at radius 3 is 2.50 bits per heavy atom. The Morgan fingerprint density at radius 1 is 0.971 bits per heavy atom. The number of pyridine rings is 1. The van der Waals surface area contributed by atoms with Gasteiger partial charge in [0.25, 0.3) is 5.91 Å². The number of piperazine rings is 1. The third kappa shape index (κ3) is 4.58. The van der Waals surface area contributed by atoms with Crippen molar-refractivity contribution in [3.05, 3.63) is 77.5 Å². The number of carbonyl (C=O) groups is 1. The fraction of sp³-hybridized carbons (Fsp3) is 0.296. The molecule has 1 N–H and O–H groups in total. The maximum absolute atomic E-state index is 13.5. The Morgan fingerprint density at radius 2 is 1.74 bits per heavy atom. The first-order chi connectivity index (χ1) is 16.5. The zero-order valence-corrected chi connectivity index (χ0v) is 20.0. The highest BCUT2D eigenvalue weighted by Gasteiger charge is 2.20. The monoisotopic (exact) mass is 454 g/mol. The van der Waals surface area contributed by atoms with Crippen molar-refractivity contribution in [2.75, 3.05) is 38.5 Å². The SMILES string of the molecule is Cc1nn(C)c2nc(-c3ccccc3)cc(C(=O)Nc3cccc(CN4CCN(C)CC4)c3)c12. The molecule has 0 bridgehead atoms. The van der Waals surface area contributed by atoms with Crippen molar-refractivity contribution in [1.29, 1.82) is 0 Å². The topological polar surface area (TPSA) is 66.3 Å². The van der Waals surface area contributed by atoms with Gasteiger partial charge in [0, 0.05) is 51.0 Å².